The van der Waals surface area contributed by atoms with Crippen molar-refractivity contribution < 1.29 is 4.74 Å². The highest BCUT2D eigenvalue weighted by atomic mass is 16.5. The second kappa shape index (κ2) is 4.00. The third kappa shape index (κ3) is 1.91. The van der Waals surface area contributed by atoms with Gasteiger partial charge in [0.1, 0.15) is 5.75 Å². The lowest BCUT2D eigenvalue weighted by Crippen LogP contribution is -1.99. The zero-order chi connectivity index (χ0) is 8.97. The van der Waals surface area contributed by atoms with Gasteiger partial charge in [-0.15, -0.1) is 0 Å². The van der Waals surface area contributed by atoms with Crippen molar-refractivity contribution in [2.45, 2.75) is 20.3 Å². The van der Waals surface area contributed by atoms with Crippen LogP contribution in [0.3, 0.4) is 0 Å². The Morgan fingerprint density at radius 3 is 2.83 bits per heavy atom. The van der Waals surface area contributed by atoms with E-state index in [0.29, 0.717) is 0 Å². The lowest BCUT2D eigenvalue weighted by molar-refractivity contribution is 0.319. The van der Waals surface area contributed by atoms with Crippen LogP contribution < -0.4 is 10.5 Å². The van der Waals surface area contributed by atoms with Gasteiger partial charge < -0.3 is 10.5 Å². The van der Waals surface area contributed by atoms with Gasteiger partial charge in [-0.3, -0.25) is 0 Å². The fourth-order valence-electron chi connectivity index (χ4n) is 0.992. The fourth-order valence-corrected chi connectivity index (χ4v) is 0.992. The summed E-state index contributed by atoms with van der Waals surface area (Å²) in [5, 5.41) is 0. The molecule has 66 valence electrons. The molecule has 0 aliphatic heterocycles. The standard InChI is InChI=1S/C10H15NO/c1-3-7-12-9-6-4-5-8(2)10(9)11/h4-6H,3,7,11H2,1-2H3. The van der Waals surface area contributed by atoms with Crippen LogP contribution in [0.2, 0.25) is 0 Å². The average Bonchev–Trinajstić information content (AvgIpc) is 2.08. The maximum absolute atomic E-state index is 5.80. The molecule has 0 bridgehead atoms. The predicted octanol–water partition coefficient (Wildman–Crippen LogP) is 2.37. The molecule has 0 aromatic heterocycles. The lowest BCUT2D eigenvalue weighted by atomic mass is 10.2. The highest BCUT2D eigenvalue weighted by Gasteiger charge is 2.00. The Hall–Kier alpha value is -1.18. The number of rotatable bonds is 3. The van der Waals surface area contributed by atoms with Crippen LogP contribution >= 0.6 is 0 Å². The van der Waals surface area contributed by atoms with Crippen LogP contribution in [-0.2, 0) is 0 Å². The Labute approximate surface area is 73.3 Å². The molecule has 0 atom stereocenters. The van der Waals surface area contributed by atoms with Gasteiger partial charge in [0, 0.05) is 0 Å². The lowest BCUT2D eigenvalue weighted by Gasteiger charge is -2.08. The number of hydrogen-bond acceptors (Lipinski definition) is 2. The van der Waals surface area contributed by atoms with Gasteiger partial charge in [-0.05, 0) is 25.0 Å². The zero-order valence-electron chi connectivity index (χ0n) is 7.63. The smallest absolute Gasteiger partial charge is 0.142 e. The topological polar surface area (TPSA) is 35.2 Å². The van der Waals surface area contributed by atoms with Crippen molar-refractivity contribution in [3.8, 4) is 5.75 Å². The van der Waals surface area contributed by atoms with Gasteiger partial charge in [0.05, 0.1) is 12.3 Å². The van der Waals surface area contributed by atoms with Gasteiger partial charge in [-0.25, -0.2) is 0 Å². The molecule has 2 nitrogen and oxygen atoms in total. The van der Waals surface area contributed by atoms with Crippen LogP contribution in [0, 0.1) is 6.92 Å². The van der Waals surface area contributed by atoms with E-state index in [9.17, 15) is 0 Å². The highest BCUT2D eigenvalue weighted by Crippen LogP contribution is 2.24. The Kier molecular flexibility index (Phi) is 2.97. The molecule has 0 radical (unpaired) electrons. The summed E-state index contributed by atoms with van der Waals surface area (Å²) in [7, 11) is 0. The molecule has 12 heavy (non-hydrogen) atoms. The molecule has 0 saturated carbocycles. The van der Waals surface area contributed by atoms with Gasteiger partial charge >= 0.3 is 0 Å². The van der Waals surface area contributed by atoms with E-state index in [0.717, 1.165) is 30.0 Å². The Balaban J connectivity index is 2.78. The molecule has 1 rings (SSSR count). The molecule has 0 aliphatic carbocycles. The molecule has 2 heteroatoms. The molecule has 0 spiro atoms. The number of nitrogen functional groups attached to an aromatic ring is 1. The summed E-state index contributed by atoms with van der Waals surface area (Å²) in [5.41, 5.74) is 7.63. The van der Waals surface area contributed by atoms with E-state index >= 15 is 0 Å². The van der Waals surface area contributed by atoms with E-state index in [1.54, 1.807) is 0 Å². The first kappa shape index (κ1) is 8.91. The minimum Gasteiger partial charge on any atom is -0.491 e. The predicted molar refractivity (Wildman–Crippen MR) is 51.4 cm³/mol. The first-order valence-corrected chi connectivity index (χ1v) is 4.23. The summed E-state index contributed by atoms with van der Waals surface area (Å²) < 4.78 is 5.44. The summed E-state index contributed by atoms with van der Waals surface area (Å²) in [5.74, 6) is 0.803. The SMILES string of the molecule is CCCOc1cccc(C)c1N. The van der Waals surface area contributed by atoms with E-state index in [1.807, 2.05) is 25.1 Å². The van der Waals surface area contributed by atoms with Crippen LogP contribution in [0.15, 0.2) is 18.2 Å². The van der Waals surface area contributed by atoms with Crippen LogP contribution in [0.5, 0.6) is 5.75 Å². The number of aryl methyl sites for hydroxylation is 1. The minimum atomic E-state index is 0.730. The average molecular weight is 165 g/mol. The van der Waals surface area contributed by atoms with Crippen molar-refractivity contribution >= 4 is 5.69 Å². The second-order valence-electron chi connectivity index (χ2n) is 2.84. The number of hydrogen-bond donors (Lipinski definition) is 1. The normalized spacial score (nSPS) is 9.83. The molecule has 2 N–H and O–H groups in total. The Bertz CT molecular complexity index is 258. The molecular weight excluding hydrogens is 150 g/mol. The zero-order valence-corrected chi connectivity index (χ0v) is 7.63. The van der Waals surface area contributed by atoms with E-state index in [4.69, 9.17) is 10.5 Å². The summed E-state index contributed by atoms with van der Waals surface area (Å²) in [6.45, 7) is 4.79. The quantitative estimate of drug-likeness (QED) is 0.698. The monoisotopic (exact) mass is 165 g/mol. The van der Waals surface area contributed by atoms with Gasteiger partial charge in [0.2, 0.25) is 0 Å². The molecule has 0 heterocycles. The summed E-state index contributed by atoms with van der Waals surface area (Å²) >= 11 is 0. The van der Waals surface area contributed by atoms with Gasteiger partial charge in [-0.1, -0.05) is 19.1 Å². The number of para-hydroxylation sites is 1. The van der Waals surface area contributed by atoms with Gasteiger partial charge in [-0.2, -0.15) is 0 Å². The number of anilines is 1. The van der Waals surface area contributed by atoms with E-state index in [1.165, 1.54) is 0 Å². The molecule has 0 fully saturated rings. The van der Waals surface area contributed by atoms with Crippen molar-refractivity contribution in [1.82, 2.24) is 0 Å². The van der Waals surface area contributed by atoms with Crippen molar-refractivity contribution in [3.05, 3.63) is 23.8 Å². The van der Waals surface area contributed by atoms with Crippen LogP contribution in [-0.4, -0.2) is 6.61 Å². The number of nitrogens with two attached hydrogens (primary N) is 1. The summed E-state index contributed by atoms with van der Waals surface area (Å²) in [6.07, 6.45) is 1.01. The van der Waals surface area contributed by atoms with E-state index in [-0.39, 0.29) is 0 Å². The maximum Gasteiger partial charge on any atom is 0.142 e. The summed E-state index contributed by atoms with van der Waals surface area (Å²) in [4.78, 5) is 0. The first-order chi connectivity index (χ1) is 5.75. The van der Waals surface area contributed by atoms with Crippen molar-refractivity contribution in [1.29, 1.82) is 0 Å². The third-order valence-electron chi connectivity index (χ3n) is 1.75. The molecule has 0 amide bonds. The molecule has 1 aromatic rings. The number of benzene rings is 1. The molecule has 0 aliphatic rings. The van der Waals surface area contributed by atoms with Crippen molar-refractivity contribution in [2.24, 2.45) is 0 Å². The molecule has 0 saturated heterocycles. The minimum absolute atomic E-state index is 0.730. The van der Waals surface area contributed by atoms with Crippen LogP contribution in [0.1, 0.15) is 18.9 Å². The fraction of sp³-hybridized carbons (Fsp3) is 0.400. The molecular formula is C10H15NO. The van der Waals surface area contributed by atoms with Crippen molar-refractivity contribution in [2.75, 3.05) is 12.3 Å². The third-order valence-corrected chi connectivity index (χ3v) is 1.75. The van der Waals surface area contributed by atoms with Crippen LogP contribution in [0.25, 0.3) is 0 Å². The van der Waals surface area contributed by atoms with E-state index < -0.39 is 0 Å². The first-order valence-electron chi connectivity index (χ1n) is 4.23. The van der Waals surface area contributed by atoms with Crippen LogP contribution in [0.4, 0.5) is 5.69 Å². The molecule has 0 unspecified atom stereocenters. The van der Waals surface area contributed by atoms with Gasteiger partial charge in [0.25, 0.3) is 0 Å². The summed E-state index contributed by atoms with van der Waals surface area (Å²) in [6, 6.07) is 5.84. The Morgan fingerprint density at radius 1 is 1.42 bits per heavy atom. The van der Waals surface area contributed by atoms with Gasteiger partial charge in [0.15, 0.2) is 0 Å². The van der Waals surface area contributed by atoms with Crippen molar-refractivity contribution in [3.63, 3.8) is 0 Å². The Morgan fingerprint density at radius 2 is 2.17 bits per heavy atom. The maximum atomic E-state index is 5.80. The molecule has 1 aromatic carbocycles. The largest absolute Gasteiger partial charge is 0.491 e. The second-order valence-corrected chi connectivity index (χ2v) is 2.84. The van der Waals surface area contributed by atoms with E-state index in [2.05, 4.69) is 6.92 Å². The number of ether oxygens (including phenoxy) is 1. The highest BCUT2D eigenvalue weighted by molar-refractivity contribution is 5.57.